The fourth-order valence-electron chi connectivity index (χ4n) is 1.84. The van der Waals surface area contributed by atoms with Crippen LogP contribution >= 0.6 is 0 Å². The van der Waals surface area contributed by atoms with E-state index in [-0.39, 0.29) is 23.3 Å². The van der Waals surface area contributed by atoms with E-state index in [2.05, 4.69) is 20.6 Å². The fraction of sp³-hybridized carbons (Fsp3) is 0.615. The van der Waals surface area contributed by atoms with Crippen LogP contribution in [-0.4, -0.2) is 26.5 Å². The Morgan fingerprint density at radius 2 is 2.15 bits per heavy atom. The lowest BCUT2D eigenvalue weighted by Crippen LogP contribution is -2.41. The molecular weight excluding hydrogens is 258 g/mol. The summed E-state index contributed by atoms with van der Waals surface area (Å²) in [5.74, 6) is 0.577. The Morgan fingerprint density at radius 1 is 1.50 bits per heavy atom. The summed E-state index contributed by atoms with van der Waals surface area (Å²) >= 11 is 0. The number of aliphatic hydroxyl groups is 1. The minimum atomic E-state index is -1.07. The zero-order chi connectivity index (χ0) is 15.1. The second-order valence-electron chi connectivity index (χ2n) is 6.14. The Bertz CT molecular complexity index is 554. The second-order valence-corrected chi connectivity index (χ2v) is 6.14. The normalized spacial score (nSPS) is 18.4. The Balaban J connectivity index is 2.28. The number of carbonyl (C=O) groups is 1. The third-order valence-electron chi connectivity index (χ3n) is 3.02. The number of hydrogen-bond donors (Lipinski definition) is 3. The second kappa shape index (κ2) is 4.90. The van der Waals surface area contributed by atoms with Crippen molar-refractivity contribution in [3.05, 3.63) is 12.0 Å². The topological polar surface area (TPSA) is 91.5 Å². The third-order valence-corrected chi connectivity index (χ3v) is 3.02. The summed E-state index contributed by atoms with van der Waals surface area (Å²) in [5.41, 5.74) is 0.264. The molecule has 2 rings (SSSR count). The van der Waals surface area contributed by atoms with Crippen LogP contribution in [-0.2, 0) is 10.3 Å². The standard InChI is InChI=1S/C13H21N5O2/c1-7(2)10(19)16-12-15-9-8(11(20)17-12)14-6-18(9)13(3,4)5/h6-7,11,20H,1-5H3,(H2,15,16,17,19). The summed E-state index contributed by atoms with van der Waals surface area (Å²) in [7, 11) is 0. The van der Waals surface area contributed by atoms with Crippen molar-refractivity contribution < 1.29 is 9.90 Å². The van der Waals surface area contributed by atoms with Crippen LogP contribution in [0.15, 0.2) is 11.3 Å². The number of nitrogens with zero attached hydrogens (tertiary/aromatic N) is 3. The first-order valence-electron chi connectivity index (χ1n) is 6.61. The molecule has 0 radical (unpaired) electrons. The summed E-state index contributed by atoms with van der Waals surface area (Å²) in [6, 6.07) is 0. The lowest BCUT2D eigenvalue weighted by Gasteiger charge is -2.27. The number of nitrogens with one attached hydrogen (secondary N) is 2. The van der Waals surface area contributed by atoms with Crippen LogP contribution in [0.5, 0.6) is 0 Å². The van der Waals surface area contributed by atoms with Gasteiger partial charge in [-0.3, -0.25) is 10.1 Å². The van der Waals surface area contributed by atoms with Crippen molar-refractivity contribution in [2.24, 2.45) is 10.9 Å². The van der Waals surface area contributed by atoms with Gasteiger partial charge in [-0.2, -0.15) is 0 Å². The fourth-order valence-corrected chi connectivity index (χ4v) is 1.84. The number of aliphatic hydroxyl groups excluding tert-OH is 1. The quantitative estimate of drug-likeness (QED) is 0.720. The minimum absolute atomic E-state index is 0.159. The average molecular weight is 279 g/mol. The van der Waals surface area contributed by atoms with Gasteiger partial charge < -0.3 is 15.0 Å². The lowest BCUT2D eigenvalue weighted by atomic mass is 10.1. The third kappa shape index (κ3) is 2.67. The summed E-state index contributed by atoms with van der Waals surface area (Å²) in [4.78, 5) is 19.9. The van der Waals surface area contributed by atoms with Crippen LogP contribution < -0.4 is 10.6 Å². The summed E-state index contributed by atoms with van der Waals surface area (Å²) in [6.45, 7) is 9.67. The number of anilines is 1. The average Bonchev–Trinajstić information content (AvgIpc) is 2.72. The van der Waals surface area contributed by atoms with Gasteiger partial charge in [0.25, 0.3) is 0 Å². The van der Waals surface area contributed by atoms with Gasteiger partial charge in [-0.1, -0.05) is 13.8 Å². The van der Waals surface area contributed by atoms with E-state index >= 15 is 0 Å². The maximum atomic E-state index is 11.7. The number of rotatable bonds is 1. The molecular formula is C13H21N5O2. The minimum Gasteiger partial charge on any atom is -0.366 e. The molecule has 0 aliphatic carbocycles. The highest BCUT2D eigenvalue weighted by Gasteiger charge is 2.29. The lowest BCUT2D eigenvalue weighted by molar-refractivity contribution is -0.122. The number of hydrogen-bond acceptors (Lipinski definition) is 5. The molecule has 0 saturated carbocycles. The molecule has 1 aliphatic heterocycles. The Kier molecular flexibility index (Phi) is 3.56. The van der Waals surface area contributed by atoms with Gasteiger partial charge in [0.1, 0.15) is 11.5 Å². The zero-order valence-electron chi connectivity index (χ0n) is 12.4. The van der Waals surface area contributed by atoms with Crippen molar-refractivity contribution >= 4 is 17.7 Å². The van der Waals surface area contributed by atoms with Crippen molar-refractivity contribution in [1.82, 2.24) is 14.9 Å². The highest BCUT2D eigenvalue weighted by molar-refractivity contribution is 6.05. The van der Waals surface area contributed by atoms with Crippen molar-refractivity contribution in [1.29, 1.82) is 0 Å². The van der Waals surface area contributed by atoms with Crippen molar-refractivity contribution in [2.75, 3.05) is 5.32 Å². The summed E-state index contributed by atoms with van der Waals surface area (Å²) in [6.07, 6.45) is 0.584. The van der Waals surface area contributed by atoms with Crippen LogP contribution in [0.2, 0.25) is 0 Å². The number of aliphatic imine (C=N–C) groups is 1. The molecule has 0 aromatic carbocycles. The molecule has 0 spiro atoms. The maximum Gasteiger partial charge on any atom is 0.229 e. The number of fused-ring (bicyclic) bond motifs is 1. The molecule has 1 atom stereocenters. The number of aromatic nitrogens is 2. The molecule has 1 amide bonds. The molecule has 1 unspecified atom stereocenters. The van der Waals surface area contributed by atoms with E-state index in [9.17, 15) is 9.90 Å². The van der Waals surface area contributed by atoms with E-state index in [1.807, 2.05) is 25.3 Å². The van der Waals surface area contributed by atoms with Crippen molar-refractivity contribution in [3.63, 3.8) is 0 Å². The van der Waals surface area contributed by atoms with Crippen LogP contribution in [0, 0.1) is 5.92 Å². The smallest absolute Gasteiger partial charge is 0.229 e. The Labute approximate surface area is 118 Å². The molecule has 0 saturated heterocycles. The molecule has 0 fully saturated rings. The van der Waals surface area contributed by atoms with Crippen molar-refractivity contribution in [3.8, 4) is 0 Å². The molecule has 3 N–H and O–H groups in total. The molecule has 7 nitrogen and oxygen atoms in total. The highest BCUT2D eigenvalue weighted by atomic mass is 16.3. The first kappa shape index (κ1) is 14.5. The van der Waals surface area contributed by atoms with Crippen LogP contribution in [0.3, 0.4) is 0 Å². The predicted molar refractivity (Wildman–Crippen MR) is 76.2 cm³/mol. The van der Waals surface area contributed by atoms with E-state index in [0.29, 0.717) is 11.5 Å². The van der Waals surface area contributed by atoms with Crippen LogP contribution in [0.4, 0.5) is 5.82 Å². The van der Waals surface area contributed by atoms with Gasteiger partial charge >= 0.3 is 0 Å². The number of carbonyl (C=O) groups excluding carboxylic acids is 1. The van der Waals surface area contributed by atoms with Crippen LogP contribution in [0.25, 0.3) is 0 Å². The van der Waals surface area contributed by atoms with Gasteiger partial charge in [0.2, 0.25) is 11.9 Å². The molecule has 110 valence electrons. The summed E-state index contributed by atoms with van der Waals surface area (Å²) in [5, 5.41) is 15.7. The van der Waals surface area contributed by atoms with E-state index < -0.39 is 6.23 Å². The molecule has 1 aromatic rings. The molecule has 20 heavy (non-hydrogen) atoms. The molecule has 1 aromatic heterocycles. The summed E-state index contributed by atoms with van der Waals surface area (Å²) < 4.78 is 1.90. The zero-order valence-corrected chi connectivity index (χ0v) is 12.4. The Morgan fingerprint density at radius 3 is 2.70 bits per heavy atom. The van der Waals surface area contributed by atoms with Gasteiger partial charge in [-0.05, 0) is 20.8 Å². The molecule has 1 aliphatic rings. The predicted octanol–water partition coefficient (Wildman–Crippen LogP) is 1.18. The molecule has 0 bridgehead atoms. The SMILES string of the molecule is CC(C)C(=O)NC1=NC(O)c2ncn(C(C)(C)C)c2N1. The number of guanidine groups is 1. The highest BCUT2D eigenvalue weighted by Crippen LogP contribution is 2.30. The first-order chi connectivity index (χ1) is 9.20. The van der Waals surface area contributed by atoms with Gasteiger partial charge in [0, 0.05) is 11.5 Å². The van der Waals surface area contributed by atoms with Crippen molar-refractivity contribution in [2.45, 2.75) is 46.4 Å². The number of amides is 1. The monoisotopic (exact) mass is 279 g/mol. The van der Waals surface area contributed by atoms with Gasteiger partial charge in [-0.25, -0.2) is 9.98 Å². The van der Waals surface area contributed by atoms with Gasteiger partial charge in [-0.15, -0.1) is 0 Å². The van der Waals surface area contributed by atoms with E-state index in [1.165, 1.54) is 0 Å². The van der Waals surface area contributed by atoms with E-state index in [0.717, 1.165) is 0 Å². The first-order valence-corrected chi connectivity index (χ1v) is 6.61. The van der Waals surface area contributed by atoms with Gasteiger partial charge in [0.15, 0.2) is 6.23 Å². The van der Waals surface area contributed by atoms with Gasteiger partial charge in [0.05, 0.1) is 6.33 Å². The van der Waals surface area contributed by atoms with Crippen LogP contribution in [0.1, 0.15) is 46.5 Å². The van der Waals surface area contributed by atoms with E-state index in [1.54, 1.807) is 20.2 Å². The molecule has 7 heteroatoms. The Hall–Kier alpha value is -1.89. The van der Waals surface area contributed by atoms with E-state index in [4.69, 9.17) is 0 Å². The number of imidazole rings is 1. The largest absolute Gasteiger partial charge is 0.366 e. The maximum absolute atomic E-state index is 11.7. The molecule has 2 heterocycles.